The van der Waals surface area contributed by atoms with Crippen LogP contribution in [0.4, 0.5) is 0 Å². The maximum Gasteiger partial charge on any atom is 0.0564 e. The van der Waals surface area contributed by atoms with Gasteiger partial charge >= 0.3 is 0 Å². The molecular weight excluding hydrogens is 218 g/mol. The summed E-state index contributed by atoms with van der Waals surface area (Å²) < 4.78 is 0. The average Bonchev–Trinajstić information content (AvgIpc) is 2.63. The van der Waals surface area contributed by atoms with Crippen LogP contribution in [-0.4, -0.2) is 0 Å². The van der Waals surface area contributed by atoms with Crippen molar-refractivity contribution in [1.29, 1.82) is 0 Å². The van der Waals surface area contributed by atoms with Crippen molar-refractivity contribution in [3.8, 4) is 11.1 Å². The van der Waals surface area contributed by atoms with E-state index in [9.17, 15) is 0 Å². The summed E-state index contributed by atoms with van der Waals surface area (Å²) >= 11 is 0. The molecule has 0 amide bonds. The van der Waals surface area contributed by atoms with Crippen LogP contribution in [0.3, 0.4) is 0 Å². The highest BCUT2D eigenvalue weighted by Crippen LogP contribution is 2.42. The summed E-state index contributed by atoms with van der Waals surface area (Å²) in [5.74, 6) is 0.683. The van der Waals surface area contributed by atoms with E-state index in [-0.39, 0.29) is 6.04 Å². The van der Waals surface area contributed by atoms with Gasteiger partial charge in [0.05, 0.1) is 6.04 Å². The summed E-state index contributed by atoms with van der Waals surface area (Å²) in [6.45, 7) is 4.50. The predicted octanol–water partition coefficient (Wildman–Crippen LogP) is 3.91. The van der Waals surface area contributed by atoms with Crippen LogP contribution in [0.1, 0.15) is 36.6 Å². The highest BCUT2D eigenvalue weighted by Gasteiger charge is 2.25. The van der Waals surface area contributed by atoms with Crippen LogP contribution in [0.2, 0.25) is 0 Å². The first kappa shape index (κ1) is 11.5. The second-order valence-corrected chi connectivity index (χ2v) is 5.58. The van der Waals surface area contributed by atoms with Gasteiger partial charge in [0.2, 0.25) is 0 Å². The Morgan fingerprint density at radius 2 is 1.72 bits per heavy atom. The number of benzene rings is 2. The molecule has 1 unspecified atom stereocenters. The van der Waals surface area contributed by atoms with Gasteiger partial charge in [-0.2, -0.15) is 0 Å². The van der Waals surface area contributed by atoms with Crippen molar-refractivity contribution in [3.05, 3.63) is 59.2 Å². The first-order valence-corrected chi connectivity index (χ1v) is 6.64. The Labute approximate surface area is 109 Å². The van der Waals surface area contributed by atoms with Gasteiger partial charge in [0.25, 0.3) is 0 Å². The molecule has 2 N–H and O–H groups in total. The minimum absolute atomic E-state index is 0.0447. The Hall–Kier alpha value is -1.60. The van der Waals surface area contributed by atoms with Crippen molar-refractivity contribution >= 4 is 0 Å². The third-order valence-corrected chi connectivity index (χ3v) is 3.68. The van der Waals surface area contributed by atoms with Crippen molar-refractivity contribution in [3.63, 3.8) is 0 Å². The van der Waals surface area contributed by atoms with Crippen molar-refractivity contribution in [2.45, 2.75) is 26.3 Å². The number of hydrogen-bond acceptors (Lipinski definition) is 1. The molecule has 3 rings (SSSR count). The minimum atomic E-state index is 0.0447. The highest BCUT2D eigenvalue weighted by molar-refractivity contribution is 5.78. The first-order valence-electron chi connectivity index (χ1n) is 6.64. The molecule has 0 aliphatic heterocycles. The lowest BCUT2D eigenvalue weighted by Gasteiger charge is -2.10. The fourth-order valence-corrected chi connectivity index (χ4v) is 2.89. The van der Waals surface area contributed by atoms with Gasteiger partial charge in [-0.05, 0) is 40.2 Å². The van der Waals surface area contributed by atoms with Gasteiger partial charge in [-0.1, -0.05) is 56.3 Å². The zero-order valence-electron chi connectivity index (χ0n) is 11.0. The zero-order chi connectivity index (χ0) is 12.7. The lowest BCUT2D eigenvalue weighted by molar-refractivity contribution is 0.646. The molecule has 1 nitrogen and oxygen atoms in total. The van der Waals surface area contributed by atoms with E-state index in [0.717, 1.165) is 6.42 Å². The van der Waals surface area contributed by atoms with Crippen LogP contribution in [0, 0.1) is 5.92 Å². The molecule has 1 atom stereocenters. The summed E-state index contributed by atoms with van der Waals surface area (Å²) in [5.41, 5.74) is 12.9. The lowest BCUT2D eigenvalue weighted by Crippen LogP contribution is -2.08. The Morgan fingerprint density at radius 1 is 1.00 bits per heavy atom. The van der Waals surface area contributed by atoms with Crippen LogP contribution in [0.5, 0.6) is 0 Å². The molecule has 2 aromatic carbocycles. The zero-order valence-corrected chi connectivity index (χ0v) is 11.0. The van der Waals surface area contributed by atoms with Crippen molar-refractivity contribution in [1.82, 2.24) is 0 Å². The molecule has 0 bridgehead atoms. The van der Waals surface area contributed by atoms with Gasteiger partial charge in [-0.25, -0.2) is 0 Å². The fraction of sp³-hybridized carbons (Fsp3) is 0.294. The summed E-state index contributed by atoms with van der Waals surface area (Å²) in [7, 11) is 0. The standard InChI is InChI=1S/C17H19N/c1-11(2)9-12-7-8-14-13-5-3-4-6-15(13)17(18)16(14)10-12/h3-8,10-11,17H,9,18H2,1-2H3. The Morgan fingerprint density at radius 3 is 2.50 bits per heavy atom. The first-order chi connectivity index (χ1) is 8.66. The van der Waals surface area contributed by atoms with E-state index in [4.69, 9.17) is 5.73 Å². The fourth-order valence-electron chi connectivity index (χ4n) is 2.89. The van der Waals surface area contributed by atoms with Crippen LogP contribution < -0.4 is 5.73 Å². The summed E-state index contributed by atoms with van der Waals surface area (Å²) in [4.78, 5) is 0. The van der Waals surface area contributed by atoms with Crippen LogP contribution in [-0.2, 0) is 6.42 Å². The Bertz CT molecular complexity index is 584. The van der Waals surface area contributed by atoms with Crippen molar-refractivity contribution in [2.75, 3.05) is 0 Å². The molecule has 92 valence electrons. The van der Waals surface area contributed by atoms with Gasteiger partial charge in [-0.3, -0.25) is 0 Å². The summed E-state index contributed by atoms with van der Waals surface area (Å²) in [6, 6.07) is 15.3. The normalized spacial score (nSPS) is 16.8. The van der Waals surface area contributed by atoms with Gasteiger partial charge in [0, 0.05) is 0 Å². The Balaban J connectivity index is 2.08. The van der Waals surface area contributed by atoms with Crippen molar-refractivity contribution in [2.24, 2.45) is 11.7 Å². The van der Waals surface area contributed by atoms with Crippen LogP contribution >= 0.6 is 0 Å². The molecule has 18 heavy (non-hydrogen) atoms. The van der Waals surface area contributed by atoms with Crippen LogP contribution in [0.15, 0.2) is 42.5 Å². The molecule has 0 spiro atoms. The summed E-state index contributed by atoms with van der Waals surface area (Å²) in [6.07, 6.45) is 1.12. The molecule has 0 fully saturated rings. The Kier molecular flexibility index (Phi) is 2.71. The smallest absolute Gasteiger partial charge is 0.0564 e. The molecule has 0 radical (unpaired) electrons. The molecule has 0 saturated carbocycles. The molecule has 1 aliphatic rings. The SMILES string of the molecule is CC(C)Cc1ccc2c(c1)C(N)c1ccccc1-2. The van der Waals surface area contributed by atoms with E-state index < -0.39 is 0 Å². The van der Waals surface area contributed by atoms with E-state index in [1.165, 1.54) is 27.8 Å². The monoisotopic (exact) mass is 237 g/mol. The third kappa shape index (κ3) is 1.75. The lowest BCUT2D eigenvalue weighted by atomic mass is 9.97. The summed E-state index contributed by atoms with van der Waals surface area (Å²) in [5, 5.41) is 0. The van der Waals surface area contributed by atoms with E-state index in [2.05, 4.69) is 56.3 Å². The topological polar surface area (TPSA) is 26.0 Å². The van der Waals surface area contributed by atoms with E-state index in [0.29, 0.717) is 5.92 Å². The van der Waals surface area contributed by atoms with Gasteiger partial charge in [0.15, 0.2) is 0 Å². The highest BCUT2D eigenvalue weighted by atomic mass is 14.7. The maximum atomic E-state index is 6.36. The molecule has 1 aliphatic carbocycles. The quantitative estimate of drug-likeness (QED) is 0.842. The number of nitrogens with two attached hydrogens (primary N) is 1. The second kappa shape index (κ2) is 4.25. The molecule has 2 aromatic rings. The predicted molar refractivity (Wildman–Crippen MR) is 76.5 cm³/mol. The van der Waals surface area contributed by atoms with E-state index in [1.54, 1.807) is 0 Å². The largest absolute Gasteiger partial charge is 0.320 e. The van der Waals surface area contributed by atoms with Crippen molar-refractivity contribution < 1.29 is 0 Å². The molecule has 0 aromatic heterocycles. The number of fused-ring (bicyclic) bond motifs is 3. The van der Waals surface area contributed by atoms with Gasteiger partial charge < -0.3 is 5.73 Å². The third-order valence-electron chi connectivity index (χ3n) is 3.68. The van der Waals surface area contributed by atoms with Gasteiger partial charge in [-0.15, -0.1) is 0 Å². The molecule has 1 heteroatoms. The molecular formula is C17H19N. The minimum Gasteiger partial charge on any atom is -0.320 e. The molecule has 0 heterocycles. The number of rotatable bonds is 2. The van der Waals surface area contributed by atoms with E-state index >= 15 is 0 Å². The van der Waals surface area contributed by atoms with Crippen LogP contribution in [0.25, 0.3) is 11.1 Å². The maximum absolute atomic E-state index is 6.36. The second-order valence-electron chi connectivity index (χ2n) is 5.58. The van der Waals surface area contributed by atoms with Gasteiger partial charge in [0.1, 0.15) is 0 Å². The van der Waals surface area contributed by atoms with E-state index in [1.807, 2.05) is 0 Å². The average molecular weight is 237 g/mol. The number of hydrogen-bond donors (Lipinski definition) is 1. The molecule has 0 saturated heterocycles.